The summed E-state index contributed by atoms with van der Waals surface area (Å²) in [5.74, 6) is 0. The van der Waals surface area contributed by atoms with Crippen molar-refractivity contribution in [1.29, 1.82) is 0 Å². The maximum atomic E-state index is 4.67. The number of halogens is 1. The molecule has 54 heavy (non-hydrogen) atoms. The van der Waals surface area contributed by atoms with Gasteiger partial charge >= 0.3 is 20.1 Å². The molecule has 4 aromatic heterocycles. The van der Waals surface area contributed by atoms with Crippen molar-refractivity contribution in [3.05, 3.63) is 206 Å². The van der Waals surface area contributed by atoms with Crippen LogP contribution in [0.1, 0.15) is 11.1 Å². The van der Waals surface area contributed by atoms with Gasteiger partial charge in [0.2, 0.25) is 0 Å². The van der Waals surface area contributed by atoms with Gasteiger partial charge in [0, 0.05) is 35.6 Å². The van der Waals surface area contributed by atoms with Crippen LogP contribution >= 0.6 is 0 Å². The molecular formula is C48H36ClIrN4. The Morgan fingerprint density at radius 3 is 1.17 bits per heavy atom. The van der Waals surface area contributed by atoms with Crippen LogP contribution in [-0.4, -0.2) is 19.9 Å². The van der Waals surface area contributed by atoms with E-state index >= 15 is 0 Å². The van der Waals surface area contributed by atoms with Crippen LogP contribution in [0.5, 0.6) is 0 Å². The fourth-order valence-electron chi connectivity index (χ4n) is 6.18. The van der Waals surface area contributed by atoms with Gasteiger partial charge in [-0.05, 0) is 71.8 Å². The predicted molar refractivity (Wildman–Crippen MR) is 214 cm³/mol. The minimum atomic E-state index is 0. The number of hydrogen-bond donors (Lipinski definition) is 0. The van der Waals surface area contributed by atoms with Crippen LogP contribution in [0.25, 0.3) is 66.6 Å². The summed E-state index contributed by atoms with van der Waals surface area (Å²) in [7, 11) is 0. The summed E-state index contributed by atoms with van der Waals surface area (Å²) in [5.41, 5.74) is 13.2. The Morgan fingerprint density at radius 2 is 0.796 bits per heavy atom. The average molecular weight is 897 g/mol. The molecule has 0 atom stereocenters. The average Bonchev–Trinajstić information content (AvgIpc) is 3.22. The smallest absolute Gasteiger partial charge is 1.00 e. The number of aryl methyl sites for hydroxylation is 2. The standard InChI is InChI=1S/C24H16N2.2C12H10N.ClH.Ir/c1-3-7-17(8-4-1)19-13-15-25-23-21(19)11-12-22-20(14-16-26-24(22)23)18-9-5-2-6-10-18;2*1-10-6-5-9-13-12(10)11-7-3-2-4-8-11;;/h1-16H;2*2-7,9H,1H3;1H;/q;2*-1;;+3/p-1. The van der Waals surface area contributed by atoms with E-state index in [-0.39, 0.29) is 32.5 Å². The number of hydrogen-bond acceptors (Lipinski definition) is 4. The number of benzene rings is 5. The van der Waals surface area contributed by atoms with Gasteiger partial charge in [0.1, 0.15) is 0 Å². The zero-order chi connectivity index (χ0) is 35.5. The summed E-state index contributed by atoms with van der Waals surface area (Å²) in [5, 5.41) is 2.26. The molecule has 0 saturated heterocycles. The number of pyridine rings is 4. The van der Waals surface area contributed by atoms with E-state index in [4.69, 9.17) is 0 Å². The second-order valence-corrected chi connectivity index (χ2v) is 12.2. The largest absolute Gasteiger partial charge is 3.00 e. The van der Waals surface area contributed by atoms with Crippen LogP contribution in [0, 0.1) is 26.0 Å². The molecule has 0 amide bonds. The maximum Gasteiger partial charge on any atom is 3.00 e. The van der Waals surface area contributed by atoms with Crippen molar-refractivity contribution < 1.29 is 32.5 Å². The van der Waals surface area contributed by atoms with Crippen molar-refractivity contribution in [1.82, 2.24) is 19.9 Å². The molecule has 0 aliphatic carbocycles. The molecule has 5 aromatic carbocycles. The molecule has 0 aliphatic heterocycles. The molecule has 9 rings (SSSR count). The Hall–Kier alpha value is -5.84. The van der Waals surface area contributed by atoms with E-state index in [1.165, 1.54) is 33.4 Å². The van der Waals surface area contributed by atoms with Gasteiger partial charge in [0.05, 0.1) is 11.0 Å². The first-order valence-corrected chi connectivity index (χ1v) is 17.2. The molecule has 0 aliphatic rings. The maximum absolute atomic E-state index is 4.67. The molecular weight excluding hydrogens is 860 g/mol. The molecule has 0 bridgehead atoms. The van der Waals surface area contributed by atoms with E-state index in [0.717, 1.165) is 44.3 Å². The van der Waals surface area contributed by atoms with Gasteiger partial charge in [-0.2, -0.15) is 0 Å². The molecule has 4 nitrogen and oxygen atoms in total. The Bertz CT molecular complexity index is 2350. The first kappa shape index (κ1) is 39.4. The van der Waals surface area contributed by atoms with Gasteiger partial charge in [-0.3, -0.25) is 9.97 Å². The van der Waals surface area contributed by atoms with Crippen molar-refractivity contribution in [3.63, 3.8) is 0 Å². The predicted octanol–water partition coefficient (Wildman–Crippen LogP) is 8.83. The van der Waals surface area contributed by atoms with E-state index in [9.17, 15) is 0 Å². The second kappa shape index (κ2) is 19.3. The van der Waals surface area contributed by atoms with E-state index < -0.39 is 0 Å². The molecule has 9 aromatic rings. The molecule has 0 fully saturated rings. The number of fused-ring (bicyclic) bond motifs is 3. The topological polar surface area (TPSA) is 51.6 Å². The first-order valence-electron chi connectivity index (χ1n) is 17.2. The van der Waals surface area contributed by atoms with Crippen LogP contribution in [0.4, 0.5) is 0 Å². The summed E-state index contributed by atoms with van der Waals surface area (Å²) in [6.45, 7) is 4.12. The fraction of sp³-hybridized carbons (Fsp3) is 0.0417. The van der Waals surface area contributed by atoms with Gasteiger partial charge in [-0.15, -0.1) is 71.8 Å². The van der Waals surface area contributed by atoms with Gasteiger partial charge in [0.25, 0.3) is 0 Å². The van der Waals surface area contributed by atoms with Crippen molar-refractivity contribution in [3.8, 4) is 44.8 Å². The van der Waals surface area contributed by atoms with Crippen LogP contribution < -0.4 is 12.4 Å². The minimum Gasteiger partial charge on any atom is -1.00 e. The summed E-state index contributed by atoms with van der Waals surface area (Å²) >= 11 is 0. The Labute approximate surface area is 336 Å². The van der Waals surface area contributed by atoms with Gasteiger partial charge in [0.15, 0.2) is 0 Å². The third-order valence-electron chi connectivity index (χ3n) is 8.74. The first-order chi connectivity index (χ1) is 25.7. The summed E-state index contributed by atoms with van der Waals surface area (Å²) in [6.07, 6.45) is 7.37. The molecule has 0 N–H and O–H groups in total. The molecule has 4 heterocycles. The zero-order valence-electron chi connectivity index (χ0n) is 29.8. The zero-order valence-corrected chi connectivity index (χ0v) is 33.0. The Balaban J connectivity index is 0.000000170. The number of rotatable bonds is 4. The molecule has 0 spiro atoms. The Kier molecular flexibility index (Phi) is 14.1. The van der Waals surface area contributed by atoms with Crippen molar-refractivity contribution in [2.24, 2.45) is 0 Å². The SMILES string of the molecule is Cc1cccnc1-c1[c-]cccc1.Cc1cccnc1-c1[c-]cccc1.[Cl-].[Ir+3].c1ccc(-c2ccnc3c2ccc2c(-c4ccccc4)ccnc23)cc1. The molecule has 6 heteroatoms. The van der Waals surface area contributed by atoms with Crippen molar-refractivity contribution >= 4 is 21.8 Å². The normalized spacial score (nSPS) is 10.1. The van der Waals surface area contributed by atoms with Crippen molar-refractivity contribution in [2.45, 2.75) is 13.8 Å². The molecule has 0 radical (unpaired) electrons. The van der Waals surface area contributed by atoms with Crippen LogP contribution in [0.15, 0.2) is 183 Å². The number of nitrogens with zero attached hydrogens (tertiary/aromatic N) is 4. The van der Waals surface area contributed by atoms with Crippen LogP contribution in [0.2, 0.25) is 0 Å². The van der Waals surface area contributed by atoms with Crippen molar-refractivity contribution in [2.75, 3.05) is 0 Å². The van der Waals surface area contributed by atoms with E-state index in [0.29, 0.717) is 0 Å². The van der Waals surface area contributed by atoms with Gasteiger partial charge in [-0.1, -0.05) is 96.1 Å². The molecule has 264 valence electrons. The van der Waals surface area contributed by atoms with Gasteiger partial charge < -0.3 is 22.4 Å². The van der Waals surface area contributed by atoms with E-state index in [1.807, 2.05) is 97.6 Å². The minimum absolute atomic E-state index is 0. The van der Waals surface area contributed by atoms with E-state index in [1.54, 1.807) is 0 Å². The van der Waals surface area contributed by atoms with Crippen LogP contribution in [0.3, 0.4) is 0 Å². The fourth-order valence-corrected chi connectivity index (χ4v) is 6.18. The summed E-state index contributed by atoms with van der Waals surface area (Å²) in [4.78, 5) is 18.0. The quantitative estimate of drug-likeness (QED) is 0.131. The number of aromatic nitrogens is 4. The van der Waals surface area contributed by atoms with Crippen LogP contribution in [-0.2, 0) is 20.1 Å². The third-order valence-corrected chi connectivity index (χ3v) is 8.74. The summed E-state index contributed by atoms with van der Waals surface area (Å²) < 4.78 is 0. The second-order valence-electron chi connectivity index (χ2n) is 12.2. The summed E-state index contributed by atoms with van der Waals surface area (Å²) in [6, 6.07) is 59.5. The van der Waals surface area contributed by atoms with E-state index in [2.05, 4.69) is 131 Å². The molecule has 0 unspecified atom stereocenters. The Morgan fingerprint density at radius 1 is 0.389 bits per heavy atom. The molecule has 0 saturated carbocycles. The third kappa shape index (κ3) is 9.20. The monoisotopic (exact) mass is 896 g/mol. The van der Waals surface area contributed by atoms with Gasteiger partial charge in [-0.25, -0.2) is 0 Å².